The van der Waals surface area contributed by atoms with Gasteiger partial charge in [0.15, 0.2) is 0 Å². The molecule has 0 aliphatic carbocycles. The van der Waals surface area contributed by atoms with Gasteiger partial charge in [0.25, 0.3) is 12.3 Å². The summed E-state index contributed by atoms with van der Waals surface area (Å²) in [6.45, 7) is 5.83. The molecule has 2 heterocycles. The summed E-state index contributed by atoms with van der Waals surface area (Å²) in [6.07, 6.45) is -1.52. The van der Waals surface area contributed by atoms with E-state index < -0.39 is 24.1 Å². The van der Waals surface area contributed by atoms with Crippen LogP contribution in [-0.2, 0) is 7.05 Å². The van der Waals surface area contributed by atoms with Gasteiger partial charge in [-0.2, -0.15) is 5.10 Å². The highest BCUT2D eigenvalue weighted by atomic mass is 32.1. The van der Waals surface area contributed by atoms with Crippen molar-refractivity contribution in [2.75, 3.05) is 0 Å². The van der Waals surface area contributed by atoms with Crippen LogP contribution in [0.15, 0.2) is 30.5 Å². The summed E-state index contributed by atoms with van der Waals surface area (Å²) in [4.78, 5) is 18.4. The van der Waals surface area contributed by atoms with Gasteiger partial charge >= 0.3 is 0 Å². The topological polar surface area (TPSA) is 59.8 Å². The minimum absolute atomic E-state index is 0.130. The van der Waals surface area contributed by atoms with E-state index in [0.717, 1.165) is 21.7 Å². The summed E-state index contributed by atoms with van der Waals surface area (Å²) in [5, 5.41) is 7.28. The van der Waals surface area contributed by atoms with Crippen molar-refractivity contribution in [3.8, 4) is 0 Å². The van der Waals surface area contributed by atoms with Crippen molar-refractivity contribution in [1.82, 2.24) is 20.1 Å². The Balaban J connectivity index is 1.98. The largest absolute Gasteiger partial charge is 0.339 e. The van der Waals surface area contributed by atoms with Crippen molar-refractivity contribution in [3.63, 3.8) is 0 Å². The number of thiazole rings is 1. The van der Waals surface area contributed by atoms with Gasteiger partial charge in [0.05, 0.1) is 11.3 Å². The molecule has 1 atom stereocenters. The van der Waals surface area contributed by atoms with E-state index in [0.29, 0.717) is 5.01 Å². The van der Waals surface area contributed by atoms with Crippen LogP contribution in [0.2, 0.25) is 0 Å². The van der Waals surface area contributed by atoms with E-state index in [4.69, 9.17) is 0 Å². The third-order valence-electron chi connectivity index (χ3n) is 4.29. The average Bonchev–Trinajstić information content (AvgIpc) is 3.16. The van der Waals surface area contributed by atoms with Crippen LogP contribution < -0.4 is 5.32 Å². The SMILES string of the molecule is Cc1ccc(C(NC(=O)c2cn(C)nc2C(F)F)c2nc(C)c(C)s2)cc1. The molecule has 0 bridgehead atoms. The lowest BCUT2D eigenvalue weighted by Crippen LogP contribution is -2.29. The number of alkyl halides is 2. The molecule has 8 heteroatoms. The maximum Gasteiger partial charge on any atom is 0.282 e. The van der Waals surface area contributed by atoms with E-state index in [1.54, 1.807) is 0 Å². The third kappa shape index (κ3) is 4.05. The minimum atomic E-state index is -2.82. The van der Waals surface area contributed by atoms with Crippen LogP contribution >= 0.6 is 11.3 Å². The van der Waals surface area contributed by atoms with E-state index in [9.17, 15) is 13.6 Å². The molecule has 0 radical (unpaired) electrons. The molecule has 1 amide bonds. The monoisotopic (exact) mass is 390 g/mol. The van der Waals surface area contributed by atoms with Crippen LogP contribution in [0.5, 0.6) is 0 Å². The summed E-state index contributed by atoms with van der Waals surface area (Å²) in [5.74, 6) is -0.602. The lowest BCUT2D eigenvalue weighted by molar-refractivity contribution is 0.0928. The van der Waals surface area contributed by atoms with Gasteiger partial charge in [0, 0.05) is 18.1 Å². The van der Waals surface area contributed by atoms with Gasteiger partial charge in [-0.25, -0.2) is 13.8 Å². The molecule has 142 valence electrons. The van der Waals surface area contributed by atoms with Crippen molar-refractivity contribution in [1.29, 1.82) is 0 Å². The fraction of sp³-hybridized carbons (Fsp3) is 0.316. The van der Waals surface area contributed by atoms with Crippen LogP contribution in [-0.4, -0.2) is 20.7 Å². The van der Waals surface area contributed by atoms with Crippen molar-refractivity contribution in [2.45, 2.75) is 33.2 Å². The molecule has 2 aromatic heterocycles. The van der Waals surface area contributed by atoms with E-state index >= 15 is 0 Å². The Kier molecular flexibility index (Phi) is 5.36. The predicted molar refractivity (Wildman–Crippen MR) is 100 cm³/mol. The van der Waals surface area contributed by atoms with Crippen LogP contribution in [0.25, 0.3) is 0 Å². The fourth-order valence-corrected chi connectivity index (χ4v) is 3.72. The Morgan fingerprint density at radius 2 is 1.85 bits per heavy atom. The molecule has 1 N–H and O–H groups in total. The Labute approximate surface area is 160 Å². The predicted octanol–water partition coefficient (Wildman–Crippen LogP) is 4.26. The number of halogens is 2. The molecule has 0 saturated carbocycles. The molecule has 0 fully saturated rings. The molecule has 0 aliphatic rings. The number of amides is 1. The van der Waals surface area contributed by atoms with Crippen LogP contribution in [0, 0.1) is 20.8 Å². The number of hydrogen-bond donors (Lipinski definition) is 1. The molecule has 5 nitrogen and oxygen atoms in total. The number of nitrogens with one attached hydrogen (secondary N) is 1. The van der Waals surface area contributed by atoms with E-state index in [1.807, 2.05) is 45.0 Å². The summed E-state index contributed by atoms with van der Waals surface area (Å²) >= 11 is 1.48. The molecule has 3 aromatic rings. The Hall–Kier alpha value is -2.61. The number of benzene rings is 1. The molecule has 1 aromatic carbocycles. The number of aryl methyl sites for hydroxylation is 4. The molecule has 27 heavy (non-hydrogen) atoms. The highest BCUT2D eigenvalue weighted by Gasteiger charge is 2.27. The first-order valence-corrected chi connectivity index (χ1v) is 9.21. The van der Waals surface area contributed by atoms with Crippen molar-refractivity contribution in [3.05, 3.63) is 68.4 Å². The first kappa shape index (κ1) is 19.2. The molecule has 0 saturated heterocycles. The van der Waals surface area contributed by atoms with Gasteiger partial charge in [-0.05, 0) is 26.3 Å². The van der Waals surface area contributed by atoms with E-state index in [2.05, 4.69) is 15.4 Å². The zero-order valence-corrected chi connectivity index (χ0v) is 16.3. The van der Waals surface area contributed by atoms with E-state index in [-0.39, 0.29) is 5.56 Å². The maximum absolute atomic E-state index is 13.2. The van der Waals surface area contributed by atoms with Crippen LogP contribution in [0.1, 0.15) is 55.2 Å². The standard InChI is InChI=1S/C19H20F2N4OS/c1-10-5-7-13(8-6-10)15(19-22-11(2)12(3)27-19)23-18(26)14-9-25(4)24-16(14)17(20)21/h5-9,15,17H,1-4H3,(H,23,26). The van der Waals surface area contributed by atoms with E-state index in [1.165, 1.54) is 29.3 Å². The first-order valence-electron chi connectivity index (χ1n) is 8.39. The number of aromatic nitrogens is 3. The van der Waals surface area contributed by atoms with Crippen LogP contribution in [0.3, 0.4) is 0 Å². The first-order chi connectivity index (χ1) is 12.8. The van der Waals surface area contributed by atoms with Crippen molar-refractivity contribution in [2.24, 2.45) is 7.05 Å². The fourth-order valence-electron chi connectivity index (χ4n) is 2.72. The lowest BCUT2D eigenvalue weighted by atomic mass is 10.0. The maximum atomic E-state index is 13.2. The van der Waals surface area contributed by atoms with Gasteiger partial charge in [-0.3, -0.25) is 9.48 Å². The number of hydrogen-bond acceptors (Lipinski definition) is 4. The second kappa shape index (κ2) is 7.56. The molecule has 3 rings (SSSR count). The molecule has 1 unspecified atom stereocenters. The smallest absolute Gasteiger partial charge is 0.282 e. The van der Waals surface area contributed by atoms with Gasteiger partial charge in [-0.1, -0.05) is 29.8 Å². The zero-order valence-electron chi connectivity index (χ0n) is 15.5. The zero-order chi connectivity index (χ0) is 19.7. The Morgan fingerprint density at radius 3 is 2.41 bits per heavy atom. The lowest BCUT2D eigenvalue weighted by Gasteiger charge is -2.17. The molecular weight excluding hydrogens is 370 g/mol. The molecular formula is C19H20F2N4OS. The molecule has 0 aliphatic heterocycles. The second-order valence-electron chi connectivity index (χ2n) is 6.41. The summed E-state index contributed by atoms with van der Waals surface area (Å²) in [6, 6.07) is 7.17. The third-order valence-corrected chi connectivity index (χ3v) is 5.42. The van der Waals surface area contributed by atoms with Gasteiger partial charge < -0.3 is 5.32 Å². The number of carbonyl (C=O) groups is 1. The number of carbonyl (C=O) groups excluding carboxylic acids is 1. The normalized spacial score (nSPS) is 12.4. The quantitative estimate of drug-likeness (QED) is 0.708. The highest BCUT2D eigenvalue weighted by Crippen LogP contribution is 2.29. The Morgan fingerprint density at radius 1 is 1.19 bits per heavy atom. The Bertz CT molecular complexity index is 943. The minimum Gasteiger partial charge on any atom is -0.339 e. The van der Waals surface area contributed by atoms with Crippen LogP contribution in [0.4, 0.5) is 8.78 Å². The second-order valence-corrected chi connectivity index (χ2v) is 7.65. The van der Waals surface area contributed by atoms with Crippen molar-refractivity contribution >= 4 is 17.2 Å². The molecule has 0 spiro atoms. The average molecular weight is 390 g/mol. The summed E-state index contributed by atoms with van der Waals surface area (Å²) in [5.41, 5.74) is 2.16. The van der Waals surface area contributed by atoms with Crippen molar-refractivity contribution < 1.29 is 13.6 Å². The van der Waals surface area contributed by atoms with Gasteiger partial charge in [0.1, 0.15) is 16.7 Å². The van der Waals surface area contributed by atoms with Gasteiger partial charge in [0.2, 0.25) is 0 Å². The number of rotatable bonds is 5. The van der Waals surface area contributed by atoms with Gasteiger partial charge in [-0.15, -0.1) is 11.3 Å². The highest BCUT2D eigenvalue weighted by molar-refractivity contribution is 7.11. The summed E-state index contributed by atoms with van der Waals surface area (Å²) < 4.78 is 27.7. The summed E-state index contributed by atoms with van der Waals surface area (Å²) in [7, 11) is 1.51. The number of nitrogens with zero attached hydrogens (tertiary/aromatic N) is 3.